The van der Waals surface area contributed by atoms with Gasteiger partial charge < -0.3 is 19.8 Å². The first-order chi connectivity index (χ1) is 16.4. The van der Waals surface area contributed by atoms with Crippen molar-refractivity contribution in [2.45, 2.75) is 20.3 Å². The molecule has 2 aromatic carbocycles. The van der Waals surface area contributed by atoms with Crippen molar-refractivity contribution in [3.05, 3.63) is 99.5 Å². The van der Waals surface area contributed by atoms with E-state index in [1.165, 1.54) is 0 Å². The molecule has 1 amide bonds. The molecule has 34 heavy (non-hydrogen) atoms. The van der Waals surface area contributed by atoms with Gasteiger partial charge in [0.25, 0.3) is 11.5 Å². The maximum absolute atomic E-state index is 12.8. The summed E-state index contributed by atoms with van der Waals surface area (Å²) in [7, 11) is 1.59. The number of aromatic amines is 1. The van der Waals surface area contributed by atoms with Crippen molar-refractivity contribution in [1.82, 2.24) is 19.9 Å². The number of carbonyl (C=O) groups excluding carboxylic acids is 1. The summed E-state index contributed by atoms with van der Waals surface area (Å²) in [6, 6.07) is 17.4. The number of benzene rings is 2. The number of amides is 1. The van der Waals surface area contributed by atoms with E-state index < -0.39 is 11.5 Å². The van der Waals surface area contributed by atoms with Crippen molar-refractivity contribution in [1.29, 1.82) is 0 Å². The Morgan fingerprint density at radius 1 is 0.941 bits per heavy atom. The van der Waals surface area contributed by atoms with Gasteiger partial charge in [-0.1, -0.05) is 18.2 Å². The molecule has 172 valence electrons. The summed E-state index contributed by atoms with van der Waals surface area (Å²) in [4.78, 5) is 40.5. The van der Waals surface area contributed by atoms with E-state index >= 15 is 0 Å². The molecule has 0 bridgehead atoms. The van der Waals surface area contributed by atoms with Crippen LogP contribution in [0.25, 0.3) is 0 Å². The van der Waals surface area contributed by atoms with Crippen LogP contribution in [0.5, 0.6) is 17.5 Å². The van der Waals surface area contributed by atoms with E-state index in [2.05, 4.69) is 25.3 Å². The summed E-state index contributed by atoms with van der Waals surface area (Å²) in [6.45, 7) is 3.71. The molecular weight excluding hydrogens is 434 g/mol. The molecule has 2 aromatic heterocycles. The number of nitrogens with one attached hydrogen (secondary N) is 2. The van der Waals surface area contributed by atoms with E-state index in [4.69, 9.17) is 9.47 Å². The van der Waals surface area contributed by atoms with Crippen LogP contribution >= 0.6 is 0 Å². The zero-order valence-electron chi connectivity index (χ0n) is 19.0. The van der Waals surface area contributed by atoms with Crippen molar-refractivity contribution in [2.75, 3.05) is 12.4 Å². The van der Waals surface area contributed by atoms with Crippen LogP contribution in [0.3, 0.4) is 0 Å². The number of hydrogen-bond donors (Lipinski definition) is 2. The second-order valence-corrected chi connectivity index (χ2v) is 7.62. The Balaban J connectivity index is 1.49. The molecule has 4 rings (SSSR count). The largest absolute Gasteiger partial charge is 0.497 e. The normalized spacial score (nSPS) is 10.6. The zero-order valence-corrected chi connectivity index (χ0v) is 19.0. The second-order valence-electron chi connectivity index (χ2n) is 7.62. The van der Waals surface area contributed by atoms with Gasteiger partial charge in [0.05, 0.1) is 7.11 Å². The van der Waals surface area contributed by atoms with Crippen LogP contribution in [0, 0.1) is 13.8 Å². The predicted molar refractivity (Wildman–Crippen MR) is 127 cm³/mol. The molecule has 9 nitrogen and oxygen atoms in total. The van der Waals surface area contributed by atoms with Gasteiger partial charge in [-0.05, 0) is 49.7 Å². The van der Waals surface area contributed by atoms with E-state index in [-0.39, 0.29) is 11.7 Å². The number of aryl methyl sites for hydroxylation is 2. The molecule has 9 heteroatoms. The molecule has 2 N–H and O–H groups in total. The molecule has 0 spiro atoms. The minimum atomic E-state index is -0.512. The SMILES string of the molecule is COc1ccc(Cc2nc(C(=O)Nc3cccc(Oc4nc(C)cc(C)n4)c3)cc(=O)[nH]2)cc1. The van der Waals surface area contributed by atoms with Crippen molar-refractivity contribution in [2.24, 2.45) is 0 Å². The molecule has 2 heterocycles. The number of methoxy groups -OCH3 is 1. The molecule has 0 aliphatic heterocycles. The first kappa shape index (κ1) is 22.7. The summed E-state index contributed by atoms with van der Waals surface area (Å²) < 4.78 is 10.9. The summed E-state index contributed by atoms with van der Waals surface area (Å²) in [5.41, 5.74) is 2.57. The highest BCUT2D eigenvalue weighted by molar-refractivity contribution is 6.02. The molecule has 0 saturated carbocycles. The lowest BCUT2D eigenvalue weighted by atomic mass is 10.1. The third-order valence-corrected chi connectivity index (χ3v) is 4.82. The Morgan fingerprint density at radius 2 is 1.68 bits per heavy atom. The molecule has 0 radical (unpaired) electrons. The van der Waals surface area contributed by atoms with E-state index in [1.807, 2.05) is 44.2 Å². The maximum atomic E-state index is 12.8. The van der Waals surface area contributed by atoms with Crippen LogP contribution in [-0.4, -0.2) is 33.0 Å². The molecule has 4 aromatic rings. The van der Waals surface area contributed by atoms with E-state index in [1.54, 1.807) is 31.4 Å². The molecular formula is C25H23N5O4. The molecule has 0 unspecified atom stereocenters. The van der Waals surface area contributed by atoms with Gasteiger partial charge in [0.2, 0.25) is 0 Å². The Morgan fingerprint density at radius 3 is 2.38 bits per heavy atom. The van der Waals surface area contributed by atoms with Crippen molar-refractivity contribution < 1.29 is 14.3 Å². The first-order valence-electron chi connectivity index (χ1n) is 10.5. The number of nitrogens with zero attached hydrogens (tertiary/aromatic N) is 3. The van der Waals surface area contributed by atoms with Crippen LogP contribution in [0.2, 0.25) is 0 Å². The quantitative estimate of drug-likeness (QED) is 0.433. The average molecular weight is 457 g/mol. The lowest BCUT2D eigenvalue weighted by Crippen LogP contribution is -2.20. The zero-order chi connectivity index (χ0) is 24.1. The van der Waals surface area contributed by atoms with Crippen molar-refractivity contribution >= 4 is 11.6 Å². The summed E-state index contributed by atoms with van der Waals surface area (Å²) in [5, 5.41) is 2.75. The summed E-state index contributed by atoms with van der Waals surface area (Å²) in [6.07, 6.45) is 0.361. The van der Waals surface area contributed by atoms with Crippen molar-refractivity contribution in [3.8, 4) is 17.5 Å². The van der Waals surface area contributed by atoms with Gasteiger partial charge in [-0.3, -0.25) is 9.59 Å². The Bertz CT molecular complexity index is 1360. The third-order valence-electron chi connectivity index (χ3n) is 4.82. The number of carbonyl (C=O) groups is 1. The molecule has 0 fully saturated rings. The minimum absolute atomic E-state index is 0.0104. The number of H-pyrrole nitrogens is 1. The van der Waals surface area contributed by atoms with Crippen LogP contribution < -0.4 is 20.3 Å². The number of anilines is 1. The van der Waals surface area contributed by atoms with Gasteiger partial charge >= 0.3 is 6.01 Å². The lowest BCUT2D eigenvalue weighted by Gasteiger charge is -2.09. The highest BCUT2D eigenvalue weighted by atomic mass is 16.5. The number of hydrogen-bond acceptors (Lipinski definition) is 7. The van der Waals surface area contributed by atoms with Crippen molar-refractivity contribution in [3.63, 3.8) is 0 Å². The van der Waals surface area contributed by atoms with E-state index in [9.17, 15) is 9.59 Å². The van der Waals surface area contributed by atoms with Gasteiger partial charge in [0, 0.05) is 35.6 Å². The minimum Gasteiger partial charge on any atom is -0.497 e. The average Bonchev–Trinajstić information content (AvgIpc) is 2.79. The topological polar surface area (TPSA) is 119 Å². The smallest absolute Gasteiger partial charge is 0.322 e. The number of ether oxygens (including phenoxy) is 2. The fraction of sp³-hybridized carbons (Fsp3) is 0.160. The fourth-order valence-electron chi connectivity index (χ4n) is 3.32. The molecule has 0 aliphatic carbocycles. The van der Waals surface area contributed by atoms with E-state index in [0.29, 0.717) is 23.7 Å². The summed E-state index contributed by atoms with van der Waals surface area (Å²) >= 11 is 0. The number of aromatic nitrogens is 4. The monoisotopic (exact) mass is 457 g/mol. The predicted octanol–water partition coefficient (Wildman–Crippen LogP) is 3.82. The second kappa shape index (κ2) is 9.95. The Labute approximate surface area is 195 Å². The standard InChI is InChI=1S/C25H23N5O4/c1-15-11-16(2)27-25(26-15)34-20-6-4-5-18(13-20)28-24(32)21-14-23(31)30-22(29-21)12-17-7-9-19(33-3)10-8-17/h4-11,13-14H,12H2,1-3H3,(H,28,32)(H,29,30,31). The highest BCUT2D eigenvalue weighted by Crippen LogP contribution is 2.22. The Hall–Kier alpha value is -4.53. The van der Waals surface area contributed by atoms with Gasteiger partial charge in [-0.2, -0.15) is 0 Å². The van der Waals surface area contributed by atoms with E-state index in [0.717, 1.165) is 28.8 Å². The molecule has 0 aliphatic rings. The van der Waals surface area contributed by atoms with Gasteiger partial charge in [-0.15, -0.1) is 0 Å². The summed E-state index contributed by atoms with van der Waals surface area (Å²) in [5.74, 6) is 1.06. The van der Waals surface area contributed by atoms with Crippen LogP contribution in [0.4, 0.5) is 5.69 Å². The lowest BCUT2D eigenvalue weighted by molar-refractivity contribution is 0.102. The fourth-order valence-corrected chi connectivity index (χ4v) is 3.32. The maximum Gasteiger partial charge on any atom is 0.322 e. The van der Waals surface area contributed by atoms with Gasteiger partial charge in [0.15, 0.2) is 0 Å². The molecule has 0 saturated heterocycles. The number of rotatable bonds is 7. The van der Waals surface area contributed by atoms with Gasteiger partial charge in [-0.25, -0.2) is 15.0 Å². The van der Waals surface area contributed by atoms with Gasteiger partial charge in [0.1, 0.15) is 23.0 Å². The van der Waals surface area contributed by atoms with Crippen LogP contribution in [0.1, 0.15) is 33.3 Å². The third kappa shape index (κ3) is 5.83. The molecule has 0 atom stereocenters. The Kier molecular flexibility index (Phi) is 6.63. The van der Waals surface area contributed by atoms with Crippen LogP contribution in [-0.2, 0) is 6.42 Å². The van der Waals surface area contributed by atoms with Crippen LogP contribution in [0.15, 0.2) is 65.5 Å². The highest BCUT2D eigenvalue weighted by Gasteiger charge is 2.12. The first-order valence-corrected chi connectivity index (χ1v) is 10.5.